The lowest BCUT2D eigenvalue weighted by Gasteiger charge is -2.15. The van der Waals surface area contributed by atoms with Gasteiger partial charge in [-0.15, -0.1) is 0 Å². The van der Waals surface area contributed by atoms with E-state index in [1.165, 1.54) is 28.6 Å². The molecule has 1 fully saturated rings. The van der Waals surface area contributed by atoms with Gasteiger partial charge in [0.15, 0.2) is 0 Å². The summed E-state index contributed by atoms with van der Waals surface area (Å²) in [5.41, 5.74) is 0. The topological polar surface area (TPSA) is 57.6 Å². The van der Waals surface area contributed by atoms with Crippen LogP contribution in [0.2, 0.25) is 0 Å². The second-order valence-corrected chi connectivity index (χ2v) is 6.47. The fourth-order valence-electron chi connectivity index (χ4n) is 1.70. The Balaban J connectivity index is 2.29. The van der Waals surface area contributed by atoms with E-state index in [4.69, 9.17) is 5.11 Å². The number of hydrogen-bond acceptors (Lipinski definition) is 4. The molecule has 1 unspecified atom stereocenters. The molecule has 1 aliphatic heterocycles. The molecule has 0 saturated carbocycles. The summed E-state index contributed by atoms with van der Waals surface area (Å²) in [4.78, 5) is 0.215. The first-order valence-electron chi connectivity index (χ1n) is 4.97. The molecule has 0 amide bonds. The number of phenols is 1. The monoisotopic (exact) mass is 259 g/mol. The Hall–Kier alpha value is -0.720. The van der Waals surface area contributed by atoms with Crippen LogP contribution < -0.4 is 0 Å². The van der Waals surface area contributed by atoms with Gasteiger partial charge in [0, 0.05) is 18.3 Å². The first kappa shape index (κ1) is 11.8. The number of nitrogens with zero attached hydrogens (tertiary/aromatic N) is 1. The van der Waals surface area contributed by atoms with Crippen molar-refractivity contribution in [2.75, 3.05) is 13.1 Å². The molecule has 0 aliphatic carbocycles. The highest BCUT2D eigenvalue weighted by Gasteiger charge is 2.30. The maximum atomic E-state index is 12.1. The Bertz CT molecular complexity index is 469. The average molecular weight is 259 g/mol. The zero-order valence-corrected chi connectivity index (χ0v) is 10.3. The molecule has 2 rings (SSSR count). The van der Waals surface area contributed by atoms with Gasteiger partial charge in [0.05, 0.1) is 4.90 Å². The molecule has 1 N–H and O–H groups in total. The average Bonchev–Trinajstić information content (AvgIpc) is 2.66. The highest BCUT2D eigenvalue weighted by Crippen LogP contribution is 2.24. The molecule has 1 saturated heterocycles. The van der Waals surface area contributed by atoms with Crippen molar-refractivity contribution in [3.05, 3.63) is 24.3 Å². The molecule has 1 aromatic carbocycles. The van der Waals surface area contributed by atoms with Crippen molar-refractivity contribution in [2.45, 2.75) is 16.6 Å². The van der Waals surface area contributed by atoms with Gasteiger partial charge in [0.2, 0.25) is 10.0 Å². The van der Waals surface area contributed by atoms with Crippen LogP contribution in [0.1, 0.15) is 6.42 Å². The first-order valence-corrected chi connectivity index (χ1v) is 6.93. The lowest BCUT2D eigenvalue weighted by atomic mass is 10.3. The van der Waals surface area contributed by atoms with Gasteiger partial charge < -0.3 is 5.11 Å². The molecule has 16 heavy (non-hydrogen) atoms. The van der Waals surface area contributed by atoms with Gasteiger partial charge in [-0.25, -0.2) is 8.42 Å². The molecular weight excluding hydrogens is 246 g/mol. The van der Waals surface area contributed by atoms with E-state index in [0.717, 1.165) is 6.42 Å². The lowest BCUT2D eigenvalue weighted by molar-refractivity contribution is 0.471. The Labute approximate surface area is 100 Å². The molecule has 0 spiro atoms. The van der Waals surface area contributed by atoms with Crippen LogP contribution in [0.15, 0.2) is 29.2 Å². The van der Waals surface area contributed by atoms with Gasteiger partial charge in [0.1, 0.15) is 5.75 Å². The van der Waals surface area contributed by atoms with Crippen molar-refractivity contribution >= 4 is 22.7 Å². The highest BCUT2D eigenvalue weighted by atomic mass is 32.2. The van der Waals surface area contributed by atoms with Crippen LogP contribution >= 0.6 is 12.6 Å². The molecule has 1 aromatic rings. The Morgan fingerprint density at radius 3 is 2.44 bits per heavy atom. The van der Waals surface area contributed by atoms with Crippen LogP contribution in [0.25, 0.3) is 0 Å². The largest absolute Gasteiger partial charge is 0.508 e. The van der Waals surface area contributed by atoms with Crippen molar-refractivity contribution in [3.8, 4) is 5.75 Å². The van der Waals surface area contributed by atoms with Crippen LogP contribution in [0.4, 0.5) is 0 Å². The number of benzene rings is 1. The zero-order valence-electron chi connectivity index (χ0n) is 8.57. The Kier molecular flexibility index (Phi) is 3.14. The Morgan fingerprint density at radius 2 is 1.94 bits per heavy atom. The maximum absolute atomic E-state index is 12.1. The van der Waals surface area contributed by atoms with Gasteiger partial charge >= 0.3 is 0 Å². The van der Waals surface area contributed by atoms with E-state index in [9.17, 15) is 8.42 Å². The molecule has 1 heterocycles. The minimum atomic E-state index is -3.42. The van der Waals surface area contributed by atoms with E-state index in [1.807, 2.05) is 0 Å². The van der Waals surface area contributed by atoms with Gasteiger partial charge in [-0.05, 0) is 30.7 Å². The van der Waals surface area contributed by atoms with Crippen LogP contribution in [0.5, 0.6) is 5.75 Å². The van der Waals surface area contributed by atoms with E-state index >= 15 is 0 Å². The predicted molar refractivity (Wildman–Crippen MR) is 64.3 cm³/mol. The summed E-state index contributed by atoms with van der Waals surface area (Å²) in [5, 5.41) is 9.23. The van der Waals surface area contributed by atoms with Crippen molar-refractivity contribution in [1.82, 2.24) is 4.31 Å². The molecular formula is C10H13NO3S2. The number of phenolic OH excluding ortho intramolecular Hbond substituents is 1. The second kappa shape index (κ2) is 4.27. The van der Waals surface area contributed by atoms with Gasteiger partial charge in [-0.2, -0.15) is 16.9 Å². The summed E-state index contributed by atoms with van der Waals surface area (Å²) in [5.74, 6) is 0.0624. The maximum Gasteiger partial charge on any atom is 0.243 e. The minimum Gasteiger partial charge on any atom is -0.508 e. The van der Waals surface area contributed by atoms with Gasteiger partial charge in [0.25, 0.3) is 0 Å². The molecule has 0 radical (unpaired) electrons. The minimum absolute atomic E-state index is 0.0624. The molecule has 1 atom stereocenters. The van der Waals surface area contributed by atoms with Crippen molar-refractivity contribution in [1.29, 1.82) is 0 Å². The third-order valence-electron chi connectivity index (χ3n) is 2.60. The van der Waals surface area contributed by atoms with E-state index in [1.54, 1.807) is 0 Å². The standard InChI is InChI=1S/C10H13NO3S2/c12-8-1-3-10(4-2-8)16(13,14)11-6-5-9(15)7-11/h1-4,9,12,15H,5-7H2. The fraction of sp³-hybridized carbons (Fsp3) is 0.400. The van der Waals surface area contributed by atoms with Crippen molar-refractivity contribution in [2.24, 2.45) is 0 Å². The van der Waals surface area contributed by atoms with Crippen molar-refractivity contribution < 1.29 is 13.5 Å². The number of hydrogen-bond donors (Lipinski definition) is 2. The van der Waals surface area contributed by atoms with Gasteiger partial charge in [-0.3, -0.25) is 0 Å². The van der Waals surface area contributed by atoms with Crippen LogP contribution in [0.3, 0.4) is 0 Å². The number of aromatic hydroxyl groups is 1. The SMILES string of the molecule is O=S(=O)(c1ccc(O)cc1)N1CCC(S)C1. The first-order chi connectivity index (χ1) is 7.50. The molecule has 88 valence electrons. The summed E-state index contributed by atoms with van der Waals surface area (Å²) >= 11 is 4.27. The molecule has 1 aliphatic rings. The van der Waals surface area contributed by atoms with Gasteiger partial charge in [-0.1, -0.05) is 0 Å². The predicted octanol–water partition coefficient (Wildman–Crippen LogP) is 1.08. The van der Waals surface area contributed by atoms with E-state index in [-0.39, 0.29) is 15.9 Å². The summed E-state index contributed by atoms with van der Waals surface area (Å²) in [6, 6.07) is 5.58. The summed E-state index contributed by atoms with van der Waals surface area (Å²) < 4.78 is 25.6. The summed E-state index contributed by atoms with van der Waals surface area (Å²) in [6.07, 6.45) is 0.778. The molecule has 0 aromatic heterocycles. The van der Waals surface area contributed by atoms with Crippen molar-refractivity contribution in [3.63, 3.8) is 0 Å². The number of sulfonamides is 1. The van der Waals surface area contributed by atoms with Crippen LogP contribution in [-0.2, 0) is 10.0 Å². The lowest BCUT2D eigenvalue weighted by Crippen LogP contribution is -2.28. The fourth-order valence-corrected chi connectivity index (χ4v) is 3.62. The number of rotatable bonds is 2. The van der Waals surface area contributed by atoms with Crippen LogP contribution in [0, 0.1) is 0 Å². The molecule has 6 heteroatoms. The highest BCUT2D eigenvalue weighted by molar-refractivity contribution is 7.89. The molecule has 0 bridgehead atoms. The van der Waals surface area contributed by atoms with E-state index in [2.05, 4.69) is 12.6 Å². The van der Waals surface area contributed by atoms with Crippen LogP contribution in [-0.4, -0.2) is 36.2 Å². The van der Waals surface area contributed by atoms with E-state index in [0.29, 0.717) is 13.1 Å². The quantitative estimate of drug-likeness (QED) is 0.782. The second-order valence-electron chi connectivity index (χ2n) is 3.80. The number of thiol groups is 1. The summed E-state index contributed by atoms with van der Waals surface area (Å²) in [7, 11) is -3.42. The normalized spacial score (nSPS) is 22.4. The van der Waals surface area contributed by atoms with E-state index < -0.39 is 10.0 Å². The third-order valence-corrected chi connectivity index (χ3v) is 4.90. The zero-order chi connectivity index (χ0) is 11.8. The third kappa shape index (κ3) is 2.18. The smallest absolute Gasteiger partial charge is 0.243 e. The molecule has 4 nitrogen and oxygen atoms in total. The summed E-state index contributed by atoms with van der Waals surface area (Å²) in [6.45, 7) is 0.962. The Morgan fingerprint density at radius 1 is 1.31 bits per heavy atom.